The Kier molecular flexibility index (Phi) is 7.12. The molecule has 2 heterocycles. The molecule has 2 rings (SSSR count). The minimum Gasteiger partial charge on any atom is -0.459 e. The predicted molar refractivity (Wildman–Crippen MR) is 103 cm³/mol. The van der Waals surface area contributed by atoms with E-state index in [2.05, 4.69) is 15.7 Å². The summed E-state index contributed by atoms with van der Waals surface area (Å²) in [6.07, 6.45) is 13.2. The number of carbonyl (C=O) groups is 1. The van der Waals surface area contributed by atoms with Gasteiger partial charge in [-0.2, -0.15) is 0 Å². The van der Waals surface area contributed by atoms with Gasteiger partial charge in [-0.3, -0.25) is 4.79 Å². The zero-order valence-electron chi connectivity index (χ0n) is 14.2. The van der Waals surface area contributed by atoms with Crippen LogP contribution >= 0.6 is 23.0 Å². The molecule has 0 aromatic carbocycles. The van der Waals surface area contributed by atoms with Gasteiger partial charge in [-0.25, -0.2) is 0 Å². The number of rotatable bonds is 4. The Morgan fingerprint density at radius 1 is 1.09 bits per heavy atom. The molecule has 3 nitrogen and oxygen atoms in total. The van der Waals surface area contributed by atoms with Gasteiger partial charge in [-0.15, -0.1) is 0 Å². The average Bonchev–Trinajstić information content (AvgIpc) is 2.62. The van der Waals surface area contributed by atoms with Gasteiger partial charge in [0.15, 0.2) is 0 Å². The van der Waals surface area contributed by atoms with Crippen molar-refractivity contribution < 1.29 is 12.6 Å². The van der Waals surface area contributed by atoms with Crippen LogP contribution in [0.15, 0.2) is 0 Å². The summed E-state index contributed by atoms with van der Waals surface area (Å²) >= 11 is 2.00. The summed E-state index contributed by atoms with van der Waals surface area (Å²) in [6, 6.07) is 0. The lowest BCUT2D eigenvalue weighted by Gasteiger charge is -2.36. The molecule has 0 aromatic rings. The minimum atomic E-state index is -0.287. The van der Waals surface area contributed by atoms with Crippen LogP contribution in [0.1, 0.15) is 70.6 Å². The van der Waals surface area contributed by atoms with E-state index in [1.54, 1.807) is 0 Å². The number of ether oxygens (including phenoxy) is 1. The maximum atomic E-state index is 12.8. The lowest BCUT2D eigenvalue weighted by atomic mass is 9.63. The highest BCUT2D eigenvalue weighted by Gasteiger charge is 2.45. The van der Waals surface area contributed by atoms with Crippen molar-refractivity contribution in [1.29, 1.82) is 0 Å². The van der Waals surface area contributed by atoms with Gasteiger partial charge in [-0.1, -0.05) is 32.0 Å². The molecule has 2 fully saturated rings. The molecule has 0 radical (unpaired) electrons. The zero-order valence-corrected chi connectivity index (χ0v) is 16.3. The molecule has 124 valence electrons. The van der Waals surface area contributed by atoms with Crippen molar-refractivity contribution in [3.05, 3.63) is 0 Å². The topological polar surface area (TPSA) is 35.5 Å². The summed E-state index contributed by atoms with van der Waals surface area (Å²) in [6.45, 7) is 0. The van der Waals surface area contributed by atoms with E-state index in [9.17, 15) is 4.79 Å². The summed E-state index contributed by atoms with van der Waals surface area (Å²) < 4.78 is 11.8. The Balaban J connectivity index is 2.22. The van der Waals surface area contributed by atoms with Gasteiger partial charge in [0.05, 0.1) is 6.10 Å². The smallest absolute Gasteiger partial charge is 0.304 e. The van der Waals surface area contributed by atoms with Crippen LogP contribution in [0.2, 0.25) is 11.6 Å². The van der Waals surface area contributed by atoms with Crippen LogP contribution in [0, 0.1) is 0 Å². The lowest BCUT2D eigenvalue weighted by molar-refractivity contribution is -0.165. The van der Waals surface area contributed by atoms with Gasteiger partial charge in [-0.05, 0) is 38.5 Å². The molecule has 2 aliphatic heterocycles. The first-order chi connectivity index (χ1) is 10.5. The highest BCUT2D eigenvalue weighted by atomic mass is 127. The van der Waals surface area contributed by atoms with E-state index >= 15 is 0 Å². The van der Waals surface area contributed by atoms with Gasteiger partial charge < -0.3 is 7.80 Å². The van der Waals surface area contributed by atoms with Crippen LogP contribution in [0.25, 0.3) is 0 Å². The highest BCUT2D eigenvalue weighted by molar-refractivity contribution is 14.1. The first-order valence-electron chi connectivity index (χ1n) is 9.04. The standard InChI is InChI=1S/C16H29B2IO3/c17-12-13(22-19)11-15-7-4-2-1-3-5-9-16(18,10-6-8-15)14(20)21-15/h13H,1-12,17-18H2. The number of carbonyl (C=O) groups excluding carboxylic acids is 1. The SMILES string of the molecule is BCC(CC12CCCCCCCC(B)(CCC1)C(=O)O2)OI. The molecule has 0 spiro atoms. The van der Waals surface area contributed by atoms with Gasteiger partial charge in [0.1, 0.15) is 44.3 Å². The van der Waals surface area contributed by atoms with Crippen LogP contribution in [-0.2, 0) is 12.6 Å². The summed E-state index contributed by atoms with van der Waals surface area (Å²) in [5.74, 6) is 0.0511. The van der Waals surface area contributed by atoms with Crippen molar-refractivity contribution in [2.45, 2.75) is 94.0 Å². The number of hydrogen-bond donors (Lipinski definition) is 0. The maximum absolute atomic E-state index is 12.8. The van der Waals surface area contributed by atoms with Crippen molar-refractivity contribution in [3.63, 3.8) is 0 Å². The Bertz CT molecular complexity index is 378. The normalized spacial score (nSPS) is 35.2. The van der Waals surface area contributed by atoms with E-state index in [0.29, 0.717) is 0 Å². The molecule has 3 atom stereocenters. The number of hydrogen-bond acceptors (Lipinski definition) is 3. The summed E-state index contributed by atoms with van der Waals surface area (Å²) in [5, 5.41) is -0.265. The fourth-order valence-corrected chi connectivity index (χ4v) is 4.61. The van der Waals surface area contributed by atoms with Crippen molar-refractivity contribution >= 4 is 44.7 Å². The first kappa shape index (κ1) is 18.6. The summed E-state index contributed by atoms with van der Waals surface area (Å²) in [5.41, 5.74) is -0.287. The average molecular weight is 418 g/mol. The second-order valence-electron chi connectivity index (χ2n) is 7.58. The van der Waals surface area contributed by atoms with E-state index in [1.807, 2.05) is 23.0 Å². The third-order valence-electron chi connectivity index (χ3n) is 5.70. The fourth-order valence-electron chi connectivity index (χ4n) is 4.07. The van der Waals surface area contributed by atoms with Gasteiger partial charge in [0, 0.05) is 11.7 Å². The molecule has 6 heteroatoms. The molecule has 0 saturated carbocycles. The largest absolute Gasteiger partial charge is 0.459 e. The van der Waals surface area contributed by atoms with E-state index < -0.39 is 0 Å². The fraction of sp³-hybridized carbons (Fsp3) is 0.938. The first-order valence-corrected chi connectivity index (χ1v) is 9.92. The van der Waals surface area contributed by atoms with E-state index in [4.69, 9.17) is 7.80 Å². The third kappa shape index (κ3) is 4.65. The number of halogens is 1. The predicted octanol–water partition coefficient (Wildman–Crippen LogP) is 3.17. The Morgan fingerprint density at radius 2 is 1.68 bits per heavy atom. The van der Waals surface area contributed by atoms with Crippen LogP contribution in [0.3, 0.4) is 0 Å². The van der Waals surface area contributed by atoms with E-state index in [-0.39, 0.29) is 23.0 Å². The molecule has 0 amide bonds. The number of esters is 1. The highest BCUT2D eigenvalue weighted by Crippen LogP contribution is 2.46. The van der Waals surface area contributed by atoms with Crippen molar-refractivity contribution in [2.75, 3.05) is 0 Å². The van der Waals surface area contributed by atoms with Crippen molar-refractivity contribution in [3.8, 4) is 0 Å². The van der Waals surface area contributed by atoms with E-state index in [1.165, 1.54) is 25.7 Å². The second-order valence-corrected chi connectivity index (χ2v) is 8.09. The van der Waals surface area contributed by atoms with Crippen LogP contribution in [0.4, 0.5) is 0 Å². The van der Waals surface area contributed by atoms with Crippen LogP contribution in [-0.4, -0.2) is 33.4 Å². The minimum absolute atomic E-state index is 0.0511. The number of fused-ring (bicyclic) bond motifs is 3. The molecular formula is C16H29B2IO3. The summed E-state index contributed by atoms with van der Waals surface area (Å²) in [4.78, 5) is 12.8. The van der Waals surface area contributed by atoms with E-state index in [0.717, 1.165) is 51.3 Å². The second kappa shape index (κ2) is 8.41. The maximum Gasteiger partial charge on any atom is 0.304 e. The molecule has 2 bridgehead atoms. The molecule has 0 N–H and O–H groups in total. The van der Waals surface area contributed by atoms with Crippen LogP contribution in [0.5, 0.6) is 0 Å². The Morgan fingerprint density at radius 3 is 2.36 bits per heavy atom. The Hall–Kier alpha value is 0.290. The molecule has 2 aliphatic rings. The molecule has 22 heavy (non-hydrogen) atoms. The van der Waals surface area contributed by atoms with Crippen LogP contribution < -0.4 is 0 Å². The van der Waals surface area contributed by atoms with Gasteiger partial charge >= 0.3 is 5.97 Å². The molecule has 0 aromatic heterocycles. The molecule has 3 unspecified atom stereocenters. The Labute approximate surface area is 151 Å². The quantitative estimate of drug-likeness (QED) is 0.400. The molecule has 2 saturated heterocycles. The van der Waals surface area contributed by atoms with Gasteiger partial charge in [0.25, 0.3) is 0 Å². The monoisotopic (exact) mass is 418 g/mol. The van der Waals surface area contributed by atoms with Crippen molar-refractivity contribution in [1.82, 2.24) is 0 Å². The third-order valence-corrected chi connectivity index (χ3v) is 6.42. The molecule has 0 aliphatic carbocycles. The van der Waals surface area contributed by atoms with Gasteiger partial charge in [0.2, 0.25) is 0 Å². The zero-order chi connectivity index (χ0) is 16.1. The lowest BCUT2D eigenvalue weighted by Crippen LogP contribution is -2.39. The van der Waals surface area contributed by atoms with Crippen molar-refractivity contribution in [2.24, 2.45) is 0 Å². The molecular weight excluding hydrogens is 389 g/mol. The summed E-state index contributed by atoms with van der Waals surface area (Å²) in [7, 11) is 4.27.